The number of carbonyl (C=O) groups excluding carboxylic acids is 1. The van der Waals surface area contributed by atoms with Crippen LogP contribution in [0.25, 0.3) is 0 Å². The molecule has 0 aliphatic carbocycles. The van der Waals surface area contributed by atoms with Crippen molar-refractivity contribution in [3.05, 3.63) is 86.8 Å². The van der Waals surface area contributed by atoms with E-state index in [1.807, 2.05) is 0 Å². The summed E-state index contributed by atoms with van der Waals surface area (Å²) in [6, 6.07) is 8.79. The lowest BCUT2D eigenvalue weighted by Gasteiger charge is -2.25. The van der Waals surface area contributed by atoms with Crippen molar-refractivity contribution in [1.82, 2.24) is 10.2 Å². The van der Waals surface area contributed by atoms with Gasteiger partial charge in [0.1, 0.15) is 5.82 Å². The number of carbonyl (C=O) groups is 1. The van der Waals surface area contributed by atoms with E-state index in [1.165, 1.54) is 24.2 Å². The Morgan fingerprint density at radius 1 is 1.18 bits per heavy atom. The van der Waals surface area contributed by atoms with Gasteiger partial charge in [0.15, 0.2) is 0 Å². The van der Waals surface area contributed by atoms with Gasteiger partial charge in [-0.2, -0.15) is 13.2 Å². The minimum Gasteiger partial charge on any atom is -0.355 e. The lowest BCUT2D eigenvalue weighted by Crippen LogP contribution is -2.35. The smallest absolute Gasteiger partial charge is 0.355 e. The quantitative estimate of drug-likeness (QED) is 0.409. The minimum absolute atomic E-state index is 0.0143. The molecular weight excluding hydrogens is 477 g/mol. The van der Waals surface area contributed by atoms with Crippen LogP contribution in [0.3, 0.4) is 0 Å². The average Bonchev–Trinajstić information content (AvgIpc) is 2.91. The van der Waals surface area contributed by atoms with Crippen LogP contribution in [0.15, 0.2) is 70.6 Å². The summed E-state index contributed by atoms with van der Waals surface area (Å²) in [5.41, 5.74) is -1.37. The van der Waals surface area contributed by atoms with E-state index < -0.39 is 22.4 Å². The molecule has 0 bridgehead atoms. The van der Waals surface area contributed by atoms with Gasteiger partial charge >= 0.3 is 6.18 Å². The number of aliphatic imine (C=N–C) groups is 1. The molecule has 0 saturated heterocycles. The highest BCUT2D eigenvalue weighted by Crippen LogP contribution is 2.34. The average molecular weight is 495 g/mol. The number of alkyl halides is 3. The predicted molar refractivity (Wildman–Crippen MR) is 122 cm³/mol. The van der Waals surface area contributed by atoms with Crippen LogP contribution < -0.4 is 16.0 Å². The lowest BCUT2D eigenvalue weighted by molar-refractivity contribution is -0.385. The number of benzene rings is 2. The van der Waals surface area contributed by atoms with Crippen LogP contribution in [0.5, 0.6) is 0 Å². The molecule has 3 rings (SSSR count). The van der Waals surface area contributed by atoms with Crippen LogP contribution in [0.2, 0.25) is 0 Å². The fraction of sp³-hybridized carbons (Fsp3) is 0.143. The summed E-state index contributed by atoms with van der Waals surface area (Å²) in [5, 5.41) is 19.6. The zero-order valence-electron chi connectivity index (χ0n) is 17.8. The molecule has 1 amide bonds. The van der Waals surface area contributed by atoms with Gasteiger partial charge in [-0.05, 0) is 24.3 Å². The molecule has 34 heavy (non-hydrogen) atoms. The summed E-state index contributed by atoms with van der Waals surface area (Å²) >= 11 is 6.16. The maximum Gasteiger partial charge on any atom is 0.416 e. The molecule has 3 N–H and O–H groups in total. The molecule has 2 aromatic carbocycles. The first-order valence-corrected chi connectivity index (χ1v) is 9.98. The summed E-state index contributed by atoms with van der Waals surface area (Å²) in [4.78, 5) is 28.0. The number of hydrogen-bond acceptors (Lipinski definition) is 7. The van der Waals surface area contributed by atoms with E-state index in [1.54, 1.807) is 31.3 Å². The lowest BCUT2D eigenvalue weighted by atomic mass is 10.1. The van der Waals surface area contributed by atoms with Gasteiger partial charge in [0.05, 0.1) is 26.8 Å². The number of nitrogens with zero attached hydrogens (tertiary/aromatic N) is 3. The van der Waals surface area contributed by atoms with Crippen LogP contribution in [0.4, 0.5) is 30.2 Å². The maximum atomic E-state index is 13.2. The molecular formula is C21H18ClF3N6O3. The fourth-order valence-corrected chi connectivity index (χ4v) is 3.12. The zero-order chi connectivity index (χ0) is 25.0. The van der Waals surface area contributed by atoms with Crippen molar-refractivity contribution >= 4 is 40.5 Å². The number of nitro benzene ring substituents is 1. The largest absolute Gasteiger partial charge is 0.416 e. The second-order valence-electron chi connectivity index (χ2n) is 6.95. The van der Waals surface area contributed by atoms with Gasteiger partial charge in [0.2, 0.25) is 5.96 Å². The Kier molecular flexibility index (Phi) is 7.11. The van der Waals surface area contributed by atoms with E-state index in [2.05, 4.69) is 20.9 Å². The monoisotopic (exact) mass is 494 g/mol. The van der Waals surface area contributed by atoms with Crippen molar-refractivity contribution in [2.75, 3.05) is 24.7 Å². The van der Waals surface area contributed by atoms with Crippen LogP contribution in [-0.4, -0.2) is 35.8 Å². The number of guanidine groups is 1. The van der Waals surface area contributed by atoms with Gasteiger partial charge < -0.3 is 20.9 Å². The second-order valence-corrected chi connectivity index (χ2v) is 7.39. The molecule has 0 spiro atoms. The van der Waals surface area contributed by atoms with Crippen molar-refractivity contribution in [1.29, 1.82) is 0 Å². The van der Waals surface area contributed by atoms with Crippen molar-refractivity contribution in [3.8, 4) is 0 Å². The van der Waals surface area contributed by atoms with E-state index in [0.717, 1.165) is 12.1 Å². The number of halogens is 4. The molecule has 2 aromatic rings. The van der Waals surface area contributed by atoms with E-state index >= 15 is 0 Å². The van der Waals surface area contributed by atoms with Gasteiger partial charge in [-0.25, -0.2) is 4.99 Å². The van der Waals surface area contributed by atoms with Gasteiger partial charge in [0, 0.05) is 38.1 Å². The van der Waals surface area contributed by atoms with Crippen LogP contribution in [0.1, 0.15) is 15.9 Å². The Bertz CT molecular complexity index is 1230. The Balaban J connectivity index is 1.96. The highest BCUT2D eigenvalue weighted by Gasteiger charge is 2.33. The third-order valence-electron chi connectivity index (χ3n) is 4.64. The Labute approximate surface area is 196 Å². The molecule has 178 valence electrons. The topological polar surface area (TPSA) is 112 Å². The van der Waals surface area contributed by atoms with Gasteiger partial charge in [-0.3, -0.25) is 14.9 Å². The Morgan fingerprint density at radius 3 is 2.53 bits per heavy atom. The highest BCUT2D eigenvalue weighted by atomic mass is 35.5. The number of nitro groups is 1. The van der Waals surface area contributed by atoms with Gasteiger partial charge in [-0.1, -0.05) is 23.7 Å². The molecule has 13 heteroatoms. The summed E-state index contributed by atoms with van der Waals surface area (Å²) in [6.07, 6.45) is -2.05. The second kappa shape index (κ2) is 9.83. The van der Waals surface area contributed by atoms with E-state index in [4.69, 9.17) is 11.6 Å². The molecule has 1 aliphatic rings. The van der Waals surface area contributed by atoms with Crippen LogP contribution in [0, 0.1) is 10.1 Å². The SMILES string of the molecule is CNC(=O)c1ccccc1NC1=CC(Cl)=CN=C(Nc2cc([N+](=O)[O-])cc(C(F)(F)F)c2)N1C. The number of anilines is 2. The normalized spacial score (nSPS) is 13.8. The first-order valence-electron chi connectivity index (χ1n) is 9.60. The number of nitrogens with one attached hydrogen (secondary N) is 3. The molecule has 0 aromatic heterocycles. The number of amides is 1. The fourth-order valence-electron chi connectivity index (χ4n) is 2.97. The first-order chi connectivity index (χ1) is 16.0. The van der Waals surface area contributed by atoms with Crippen LogP contribution in [-0.2, 0) is 6.18 Å². The molecule has 0 atom stereocenters. The zero-order valence-corrected chi connectivity index (χ0v) is 18.5. The molecule has 0 unspecified atom stereocenters. The van der Waals surface area contributed by atoms with E-state index in [9.17, 15) is 28.1 Å². The number of non-ortho nitro benzene ring substituents is 1. The number of hydrogen-bond donors (Lipinski definition) is 3. The van der Waals surface area contributed by atoms with Gasteiger partial charge in [-0.15, -0.1) is 0 Å². The first kappa shape index (κ1) is 24.6. The van der Waals surface area contributed by atoms with E-state index in [-0.39, 0.29) is 22.6 Å². The Hall–Kier alpha value is -4.06. The summed E-state index contributed by atoms with van der Waals surface area (Å²) in [6.45, 7) is 0. The standard InChI is InChI=1S/C21H18ClF3N6O3/c1-26-19(32)16-5-3-4-6-17(16)29-18-9-13(22)11-27-20(30(18)2)28-14-7-12(21(23,24)25)8-15(10-14)31(33)34/h3-11,29H,1-2H3,(H,26,32)(H,27,28). The summed E-state index contributed by atoms with van der Waals surface area (Å²) < 4.78 is 39.7. The molecule has 1 heterocycles. The summed E-state index contributed by atoms with van der Waals surface area (Å²) in [5.74, 6) is -0.00631. The van der Waals surface area contributed by atoms with Crippen molar-refractivity contribution in [3.63, 3.8) is 0 Å². The molecule has 1 aliphatic heterocycles. The van der Waals surface area contributed by atoms with Crippen molar-refractivity contribution in [2.45, 2.75) is 6.18 Å². The third-order valence-corrected chi connectivity index (χ3v) is 4.84. The van der Waals surface area contributed by atoms with Crippen LogP contribution >= 0.6 is 11.6 Å². The van der Waals surface area contributed by atoms with Crippen molar-refractivity contribution < 1.29 is 22.9 Å². The minimum atomic E-state index is -4.79. The molecule has 0 saturated carbocycles. The molecule has 0 fully saturated rings. The number of allylic oxidation sites excluding steroid dienone is 2. The predicted octanol–water partition coefficient (Wildman–Crippen LogP) is 4.72. The summed E-state index contributed by atoms with van der Waals surface area (Å²) in [7, 11) is 3.03. The molecule has 9 nitrogen and oxygen atoms in total. The highest BCUT2D eigenvalue weighted by molar-refractivity contribution is 6.31. The molecule has 0 radical (unpaired) electrons. The van der Waals surface area contributed by atoms with E-state index in [0.29, 0.717) is 23.1 Å². The maximum absolute atomic E-state index is 13.2. The number of rotatable bonds is 5. The Morgan fingerprint density at radius 2 is 1.88 bits per heavy atom. The van der Waals surface area contributed by atoms with Crippen molar-refractivity contribution in [2.24, 2.45) is 4.99 Å². The number of para-hydroxylation sites is 1. The van der Waals surface area contributed by atoms with Gasteiger partial charge in [0.25, 0.3) is 11.6 Å². The third kappa shape index (κ3) is 5.64.